The van der Waals surface area contributed by atoms with Gasteiger partial charge in [-0.05, 0) is 31.0 Å². The lowest BCUT2D eigenvalue weighted by atomic mass is 10.3. The minimum atomic E-state index is -3.67. The van der Waals surface area contributed by atoms with Gasteiger partial charge in [0.2, 0.25) is 10.0 Å². The van der Waals surface area contributed by atoms with Crippen molar-refractivity contribution in [2.24, 2.45) is 0 Å². The van der Waals surface area contributed by atoms with E-state index in [-0.39, 0.29) is 29.6 Å². The van der Waals surface area contributed by atoms with Crippen LogP contribution in [0.2, 0.25) is 0 Å². The van der Waals surface area contributed by atoms with Crippen LogP contribution in [0.15, 0.2) is 23.1 Å². The second-order valence-electron chi connectivity index (χ2n) is 5.75. The molecule has 0 aromatic heterocycles. The van der Waals surface area contributed by atoms with E-state index in [1.807, 2.05) is 0 Å². The summed E-state index contributed by atoms with van der Waals surface area (Å²) in [6.07, 6.45) is 1.43. The molecule has 1 fully saturated rings. The summed E-state index contributed by atoms with van der Waals surface area (Å²) in [6, 6.07) is 3.56. The summed E-state index contributed by atoms with van der Waals surface area (Å²) in [5.74, 6) is -0.721. The Morgan fingerprint density at radius 3 is 2.60 bits per heavy atom. The molecule has 0 aliphatic heterocycles. The first kappa shape index (κ1) is 19.0. The highest BCUT2D eigenvalue weighted by molar-refractivity contribution is 7.89. The second kappa shape index (κ2) is 7.70. The number of carbonyl (C=O) groups excluding carboxylic acids is 1. The van der Waals surface area contributed by atoms with Crippen molar-refractivity contribution in [3.8, 4) is 5.75 Å². The first-order valence-corrected chi connectivity index (χ1v) is 9.15. The zero-order valence-electron chi connectivity index (χ0n) is 14.0. The van der Waals surface area contributed by atoms with Crippen molar-refractivity contribution in [3.63, 3.8) is 0 Å². The Bertz CT molecular complexity index is 761. The van der Waals surface area contributed by atoms with Crippen molar-refractivity contribution in [2.45, 2.75) is 30.2 Å². The Labute approximate surface area is 146 Å². The van der Waals surface area contributed by atoms with Crippen molar-refractivity contribution in [1.82, 2.24) is 9.62 Å². The Balaban J connectivity index is 2.16. The molecule has 138 valence electrons. The zero-order chi connectivity index (χ0) is 18.6. The molecule has 1 aliphatic carbocycles. The van der Waals surface area contributed by atoms with E-state index in [9.17, 15) is 18.0 Å². The second-order valence-corrected chi connectivity index (χ2v) is 7.47. The number of aliphatic carboxylic acids is 1. The predicted molar refractivity (Wildman–Crippen MR) is 90.2 cm³/mol. The Morgan fingerprint density at radius 1 is 1.36 bits per heavy atom. The molecule has 0 saturated heterocycles. The number of hydrogen-bond acceptors (Lipinski definition) is 5. The van der Waals surface area contributed by atoms with Crippen LogP contribution in [0.3, 0.4) is 0 Å². The number of carboxylic acid groups (broad SMARTS) is 1. The van der Waals surface area contributed by atoms with Gasteiger partial charge in [-0.15, -0.1) is 0 Å². The molecule has 1 saturated carbocycles. The molecule has 0 bridgehead atoms. The lowest BCUT2D eigenvalue weighted by molar-refractivity contribution is -0.137. The van der Waals surface area contributed by atoms with E-state index in [4.69, 9.17) is 9.84 Å². The average Bonchev–Trinajstić information content (AvgIpc) is 3.35. The van der Waals surface area contributed by atoms with Crippen LogP contribution in [0.1, 0.15) is 19.3 Å². The number of methoxy groups -OCH3 is 1. The molecule has 1 aliphatic rings. The highest BCUT2D eigenvalue weighted by atomic mass is 32.2. The first-order chi connectivity index (χ1) is 11.7. The van der Waals surface area contributed by atoms with Gasteiger partial charge in [-0.1, -0.05) is 0 Å². The number of rotatable bonds is 8. The number of carbonyl (C=O) groups is 2. The number of nitrogens with one attached hydrogen (secondary N) is 2. The summed E-state index contributed by atoms with van der Waals surface area (Å²) in [5, 5.41) is 11.2. The van der Waals surface area contributed by atoms with Crippen LogP contribution < -0.4 is 14.8 Å². The van der Waals surface area contributed by atoms with Gasteiger partial charge in [-0.2, -0.15) is 0 Å². The van der Waals surface area contributed by atoms with E-state index in [0.29, 0.717) is 5.75 Å². The molecule has 25 heavy (non-hydrogen) atoms. The molecule has 9 nitrogen and oxygen atoms in total. The molecule has 0 atom stereocenters. The van der Waals surface area contributed by atoms with Crippen LogP contribution in [-0.2, 0) is 14.8 Å². The van der Waals surface area contributed by atoms with Crippen LogP contribution in [0.25, 0.3) is 0 Å². The van der Waals surface area contributed by atoms with E-state index in [1.165, 1.54) is 37.3 Å². The fraction of sp³-hybridized carbons (Fsp3) is 0.467. The fourth-order valence-corrected chi connectivity index (χ4v) is 3.35. The number of nitrogens with zero attached hydrogens (tertiary/aromatic N) is 1. The van der Waals surface area contributed by atoms with Gasteiger partial charge >= 0.3 is 12.0 Å². The maximum atomic E-state index is 12.3. The molecule has 2 rings (SSSR count). The number of sulfonamides is 1. The number of carboxylic acids is 1. The molecule has 2 amide bonds. The summed E-state index contributed by atoms with van der Waals surface area (Å²) >= 11 is 0. The van der Waals surface area contributed by atoms with Crippen LogP contribution in [0.5, 0.6) is 5.75 Å². The molecule has 10 heteroatoms. The number of benzene rings is 1. The van der Waals surface area contributed by atoms with Crippen molar-refractivity contribution in [2.75, 3.05) is 26.0 Å². The van der Waals surface area contributed by atoms with Gasteiger partial charge in [0.1, 0.15) is 5.75 Å². The first-order valence-electron chi connectivity index (χ1n) is 7.67. The third kappa shape index (κ3) is 5.33. The molecule has 1 aromatic rings. The number of ether oxygens (including phenoxy) is 1. The fourth-order valence-electron chi connectivity index (χ4n) is 2.02. The van der Waals surface area contributed by atoms with E-state index in [2.05, 4.69) is 10.0 Å². The number of amides is 2. The molecule has 3 N–H and O–H groups in total. The maximum absolute atomic E-state index is 12.3. The zero-order valence-corrected chi connectivity index (χ0v) is 14.8. The van der Waals surface area contributed by atoms with Crippen molar-refractivity contribution in [3.05, 3.63) is 18.2 Å². The highest BCUT2D eigenvalue weighted by Crippen LogP contribution is 2.29. The average molecular weight is 371 g/mol. The lowest BCUT2D eigenvalue weighted by Crippen LogP contribution is -2.33. The molecular formula is C15H21N3O6S. The van der Waals surface area contributed by atoms with Gasteiger partial charge in [0.05, 0.1) is 24.1 Å². The third-order valence-corrected chi connectivity index (χ3v) is 5.15. The monoisotopic (exact) mass is 371 g/mol. The Hall–Kier alpha value is -2.33. The molecule has 0 heterocycles. The summed E-state index contributed by atoms with van der Waals surface area (Å²) in [5.41, 5.74) is 0.188. The molecule has 0 radical (unpaired) electrons. The lowest BCUT2D eigenvalue weighted by Gasteiger charge is -2.18. The predicted octanol–water partition coefficient (Wildman–Crippen LogP) is 1.07. The Morgan fingerprint density at radius 2 is 2.04 bits per heavy atom. The largest absolute Gasteiger partial charge is 0.495 e. The van der Waals surface area contributed by atoms with Gasteiger partial charge in [-0.3, -0.25) is 4.79 Å². The van der Waals surface area contributed by atoms with Gasteiger partial charge in [0.25, 0.3) is 0 Å². The summed E-state index contributed by atoms with van der Waals surface area (Å²) in [6.45, 7) is 0.0186. The smallest absolute Gasteiger partial charge is 0.321 e. The van der Waals surface area contributed by atoms with E-state index in [0.717, 1.165) is 12.8 Å². The minimum absolute atomic E-state index is 0.0173. The SMILES string of the molecule is COc1ccc(S(=O)(=O)NC2CC2)cc1NC(=O)N(C)CCC(=O)O. The van der Waals surface area contributed by atoms with Crippen molar-refractivity contribution < 1.29 is 27.9 Å². The van der Waals surface area contributed by atoms with Crippen molar-refractivity contribution >= 4 is 27.7 Å². The van der Waals surface area contributed by atoms with Crippen molar-refractivity contribution in [1.29, 1.82) is 0 Å². The van der Waals surface area contributed by atoms with Crippen LogP contribution in [0.4, 0.5) is 10.5 Å². The van der Waals surface area contributed by atoms with E-state index in [1.54, 1.807) is 0 Å². The van der Waals surface area contributed by atoms with Gasteiger partial charge in [-0.25, -0.2) is 17.9 Å². The minimum Gasteiger partial charge on any atom is -0.495 e. The van der Waals surface area contributed by atoms with Gasteiger partial charge in [0.15, 0.2) is 0 Å². The maximum Gasteiger partial charge on any atom is 0.321 e. The third-order valence-electron chi connectivity index (χ3n) is 3.63. The number of anilines is 1. The van der Waals surface area contributed by atoms with Gasteiger partial charge in [0, 0.05) is 19.6 Å². The molecule has 0 spiro atoms. The topological polar surface area (TPSA) is 125 Å². The highest BCUT2D eigenvalue weighted by Gasteiger charge is 2.28. The number of urea groups is 1. The van der Waals surface area contributed by atoms with Crippen LogP contribution in [-0.4, -0.2) is 57.2 Å². The van der Waals surface area contributed by atoms with E-state index >= 15 is 0 Å². The summed E-state index contributed by atoms with van der Waals surface area (Å²) in [7, 11) is -0.827. The quantitative estimate of drug-likeness (QED) is 0.628. The standard InChI is InChI=1S/C15H21N3O6S/c1-18(8-7-14(19)20)15(21)16-12-9-11(5-6-13(12)24-2)25(22,23)17-10-3-4-10/h5-6,9-10,17H,3-4,7-8H2,1-2H3,(H,16,21)(H,19,20). The Kier molecular flexibility index (Phi) is 5.85. The number of hydrogen-bond donors (Lipinski definition) is 3. The van der Waals surface area contributed by atoms with Crippen LogP contribution >= 0.6 is 0 Å². The summed E-state index contributed by atoms with van der Waals surface area (Å²) < 4.78 is 32.3. The summed E-state index contributed by atoms with van der Waals surface area (Å²) in [4.78, 5) is 23.9. The molecule has 1 aromatic carbocycles. The normalized spacial score (nSPS) is 14.0. The van der Waals surface area contributed by atoms with Gasteiger partial charge < -0.3 is 20.1 Å². The molecule has 0 unspecified atom stereocenters. The van der Waals surface area contributed by atoms with E-state index < -0.39 is 22.0 Å². The van der Waals surface area contributed by atoms with Crippen LogP contribution in [0, 0.1) is 0 Å². The molecular weight excluding hydrogens is 350 g/mol.